The number of rotatable bonds is 7. The van der Waals surface area contributed by atoms with E-state index in [9.17, 15) is 0 Å². The van der Waals surface area contributed by atoms with Crippen molar-refractivity contribution in [2.24, 2.45) is 0 Å². The molecule has 2 aliphatic heterocycles. The Morgan fingerprint density at radius 2 is 0.915 bits per heavy atom. The minimum Gasteiger partial charge on any atom is -0.456 e. The SMILES string of the molecule is CC(C)(C)c1ccc2c(c1)B1c3ccc(N(c4ccc(-c5ccccc5)cc4)c4ccc(-c5ccccc5)cc4)cc3N(c3ccc4c(c3)oc3ccccc34)c3cc(C(C)(C)C)cc(c31)N2c1ccc2c(c1)C(C)(C)c1ccccc1-2. The lowest BCUT2D eigenvalue weighted by Gasteiger charge is -2.45. The van der Waals surface area contributed by atoms with Gasteiger partial charge in [-0.1, -0.05) is 207 Å². The zero-order valence-corrected chi connectivity index (χ0v) is 47.9. The molecule has 0 unspecified atom stereocenters. The smallest absolute Gasteiger partial charge is 0.252 e. The van der Waals surface area contributed by atoms with E-state index in [2.05, 4.69) is 313 Å². The number of furan rings is 1. The maximum absolute atomic E-state index is 6.78. The van der Waals surface area contributed by atoms with Crippen LogP contribution in [0.4, 0.5) is 51.2 Å². The largest absolute Gasteiger partial charge is 0.456 e. The number of nitrogens with zero attached hydrogens (tertiary/aromatic N) is 3. The van der Waals surface area contributed by atoms with Gasteiger partial charge in [0.25, 0.3) is 6.71 Å². The number of benzene rings is 11. The number of fused-ring (bicyclic) bond motifs is 10. The van der Waals surface area contributed by atoms with Gasteiger partial charge in [0, 0.05) is 73.4 Å². The first kappa shape index (κ1) is 49.7. The van der Waals surface area contributed by atoms with Crippen LogP contribution in [0.3, 0.4) is 0 Å². The van der Waals surface area contributed by atoms with Crippen molar-refractivity contribution in [3.8, 4) is 33.4 Å². The minimum atomic E-state index is -0.199. The van der Waals surface area contributed by atoms with E-state index >= 15 is 0 Å². The van der Waals surface area contributed by atoms with Crippen molar-refractivity contribution in [2.45, 2.75) is 71.6 Å². The van der Waals surface area contributed by atoms with Crippen LogP contribution in [-0.4, -0.2) is 6.71 Å². The average Bonchev–Trinajstić information content (AvgIpc) is 2.37. The van der Waals surface area contributed by atoms with Gasteiger partial charge >= 0.3 is 0 Å². The van der Waals surface area contributed by atoms with Gasteiger partial charge in [-0.2, -0.15) is 0 Å². The van der Waals surface area contributed by atoms with E-state index in [0.717, 1.165) is 50.4 Å². The van der Waals surface area contributed by atoms with E-state index < -0.39 is 0 Å². The topological polar surface area (TPSA) is 22.9 Å². The van der Waals surface area contributed by atoms with Gasteiger partial charge < -0.3 is 19.1 Å². The summed E-state index contributed by atoms with van der Waals surface area (Å²) in [6.07, 6.45) is 0. The Hall–Kier alpha value is -9.32. The highest BCUT2D eigenvalue weighted by molar-refractivity contribution is 7.00. The van der Waals surface area contributed by atoms with Gasteiger partial charge in [0.05, 0.1) is 0 Å². The summed E-state index contributed by atoms with van der Waals surface area (Å²) >= 11 is 0. The molecule has 0 spiro atoms. The Morgan fingerprint density at radius 3 is 1.57 bits per heavy atom. The van der Waals surface area contributed by atoms with Crippen molar-refractivity contribution in [3.05, 3.63) is 265 Å². The normalized spacial score (nSPS) is 13.9. The van der Waals surface area contributed by atoms with Crippen molar-refractivity contribution in [1.29, 1.82) is 0 Å². The Kier molecular flexibility index (Phi) is 11.1. The molecule has 0 bridgehead atoms. The summed E-state index contributed by atoms with van der Waals surface area (Å²) in [5.41, 5.74) is 28.0. The molecule has 4 nitrogen and oxygen atoms in total. The quantitative estimate of drug-likeness (QED) is 0.148. The summed E-state index contributed by atoms with van der Waals surface area (Å²) in [6.45, 7) is 18.8. The van der Waals surface area contributed by atoms with Crippen molar-refractivity contribution in [2.75, 3.05) is 14.7 Å². The fourth-order valence-electron chi connectivity index (χ4n) is 13.6. The lowest BCUT2D eigenvalue weighted by Crippen LogP contribution is -2.61. The summed E-state index contributed by atoms with van der Waals surface area (Å²) in [5.74, 6) is 0. The summed E-state index contributed by atoms with van der Waals surface area (Å²) in [6, 6.07) is 90.6. The van der Waals surface area contributed by atoms with Crippen LogP contribution in [0.5, 0.6) is 0 Å². The highest BCUT2D eigenvalue weighted by Gasteiger charge is 2.46. The first-order chi connectivity index (χ1) is 39.7. The van der Waals surface area contributed by atoms with Gasteiger partial charge in [0.1, 0.15) is 11.2 Å². The summed E-state index contributed by atoms with van der Waals surface area (Å²) in [7, 11) is 0. The van der Waals surface area contributed by atoms with Crippen LogP contribution in [0.25, 0.3) is 55.3 Å². The van der Waals surface area contributed by atoms with E-state index in [1.807, 2.05) is 0 Å². The maximum atomic E-state index is 6.78. The number of anilines is 9. The van der Waals surface area contributed by atoms with Crippen LogP contribution >= 0.6 is 0 Å². The van der Waals surface area contributed by atoms with Gasteiger partial charge in [-0.15, -0.1) is 0 Å². The molecule has 0 N–H and O–H groups in total. The minimum absolute atomic E-state index is 0.0928. The summed E-state index contributed by atoms with van der Waals surface area (Å²) in [4.78, 5) is 7.59. The third-order valence-electron chi connectivity index (χ3n) is 18.0. The Labute approximate surface area is 482 Å². The molecule has 3 heterocycles. The fraction of sp³-hybridized carbons (Fsp3) is 0.143. The van der Waals surface area contributed by atoms with Crippen molar-refractivity contribution in [3.63, 3.8) is 0 Å². The summed E-state index contributed by atoms with van der Waals surface area (Å²) in [5, 5.41) is 2.22. The molecule has 0 amide bonds. The Bertz CT molecular complexity index is 4420. The molecule has 396 valence electrons. The highest BCUT2D eigenvalue weighted by atomic mass is 16.3. The molecule has 3 aliphatic rings. The molecule has 12 aromatic rings. The second-order valence-electron chi connectivity index (χ2n) is 25.4. The molecule has 0 atom stereocenters. The molecule has 1 aromatic heterocycles. The Morgan fingerprint density at radius 1 is 0.378 bits per heavy atom. The second kappa shape index (κ2) is 18.4. The van der Waals surface area contributed by atoms with Crippen molar-refractivity contribution in [1.82, 2.24) is 0 Å². The zero-order valence-electron chi connectivity index (χ0n) is 47.9. The van der Waals surface area contributed by atoms with E-state index in [-0.39, 0.29) is 23.0 Å². The van der Waals surface area contributed by atoms with Crippen LogP contribution < -0.4 is 31.1 Å². The molecule has 15 rings (SSSR count). The van der Waals surface area contributed by atoms with Crippen molar-refractivity contribution < 1.29 is 4.42 Å². The Balaban J connectivity index is 0.996. The molecular weight excluding hydrogens is 994 g/mol. The van der Waals surface area contributed by atoms with Crippen LogP contribution in [-0.2, 0) is 16.2 Å². The molecule has 0 radical (unpaired) electrons. The monoisotopic (exact) mass is 1060 g/mol. The van der Waals surface area contributed by atoms with E-state index in [1.54, 1.807) is 0 Å². The predicted molar refractivity (Wildman–Crippen MR) is 348 cm³/mol. The van der Waals surface area contributed by atoms with Crippen LogP contribution in [0.1, 0.15) is 77.6 Å². The van der Waals surface area contributed by atoms with E-state index in [1.165, 1.54) is 94.8 Å². The zero-order chi connectivity index (χ0) is 55.8. The average molecular weight is 1060 g/mol. The van der Waals surface area contributed by atoms with Crippen LogP contribution in [0.2, 0.25) is 0 Å². The van der Waals surface area contributed by atoms with Gasteiger partial charge in [-0.3, -0.25) is 0 Å². The van der Waals surface area contributed by atoms with Gasteiger partial charge in [-0.25, -0.2) is 0 Å². The lowest BCUT2D eigenvalue weighted by molar-refractivity contribution is 0.590. The molecule has 11 aromatic carbocycles. The number of para-hydroxylation sites is 1. The molecule has 0 fully saturated rings. The standard InChI is InChI=1S/C77H64BN3O/c1-75(2,3)53-31-42-68-67(43-53)78-66-41-38-58(79(55-32-27-51(28-33-55)49-19-11-9-12-20-49)56-34-29-52(30-35-56)50-21-13-10-14-22-50)47-69(66)81(59-37-40-63-62-24-16-18-26-72(62)82-73(63)48-59)71-45-54(76(4,5)6)44-70(74(71)78)80(68)57-36-39-61-60-23-15-17-25-64(60)77(7,8)65(61)46-57/h9-48H,1-8H3. The summed E-state index contributed by atoms with van der Waals surface area (Å²) < 4.78 is 6.78. The lowest BCUT2D eigenvalue weighted by atomic mass is 9.33. The predicted octanol–water partition coefficient (Wildman–Crippen LogP) is 19.4. The molecular formula is C77H64BN3O. The highest BCUT2D eigenvalue weighted by Crippen LogP contribution is 2.53. The van der Waals surface area contributed by atoms with E-state index in [0.29, 0.717) is 0 Å². The van der Waals surface area contributed by atoms with E-state index in [4.69, 9.17) is 4.42 Å². The van der Waals surface area contributed by atoms with Gasteiger partial charge in [0.15, 0.2) is 0 Å². The molecule has 82 heavy (non-hydrogen) atoms. The number of hydrogen-bond acceptors (Lipinski definition) is 4. The van der Waals surface area contributed by atoms with Crippen molar-refractivity contribution >= 4 is 96.2 Å². The fourth-order valence-corrected chi connectivity index (χ4v) is 13.6. The van der Waals surface area contributed by atoms with Gasteiger partial charge in [-0.05, 0) is 168 Å². The van der Waals surface area contributed by atoms with Gasteiger partial charge in [0.2, 0.25) is 0 Å². The molecule has 5 heteroatoms. The molecule has 0 saturated carbocycles. The molecule has 0 saturated heterocycles. The van der Waals surface area contributed by atoms with Crippen LogP contribution in [0, 0.1) is 0 Å². The maximum Gasteiger partial charge on any atom is 0.252 e. The molecule has 1 aliphatic carbocycles. The number of hydrogen-bond donors (Lipinski definition) is 0. The first-order valence-corrected chi connectivity index (χ1v) is 29.0. The third kappa shape index (κ3) is 7.88. The third-order valence-corrected chi connectivity index (χ3v) is 18.0. The second-order valence-corrected chi connectivity index (χ2v) is 25.4. The first-order valence-electron chi connectivity index (χ1n) is 29.0. The van der Waals surface area contributed by atoms with Crippen LogP contribution in [0.15, 0.2) is 247 Å².